The van der Waals surface area contributed by atoms with Crippen LogP contribution in [0, 0.1) is 5.92 Å². The summed E-state index contributed by atoms with van der Waals surface area (Å²) < 4.78 is 10.5. The van der Waals surface area contributed by atoms with Crippen molar-refractivity contribution < 1.29 is 18.7 Å². The minimum Gasteiger partial charge on any atom is -0.468 e. The second-order valence-corrected chi connectivity index (χ2v) is 7.52. The monoisotopic (exact) mass is 361 g/mol. The number of likely N-dealkylation sites (tertiary alicyclic amines) is 2. The smallest absolute Gasteiger partial charge is 0.410 e. The van der Waals surface area contributed by atoms with E-state index in [9.17, 15) is 9.59 Å². The van der Waals surface area contributed by atoms with Gasteiger partial charge in [0.1, 0.15) is 12.4 Å². The van der Waals surface area contributed by atoms with Gasteiger partial charge in [-0.1, -0.05) is 0 Å². The Bertz CT molecular complexity index is 625. The molecule has 3 aliphatic heterocycles. The molecule has 7 heteroatoms. The van der Waals surface area contributed by atoms with Crippen molar-refractivity contribution in [2.75, 3.05) is 39.3 Å². The Balaban J connectivity index is 1.28. The Morgan fingerprint density at radius 2 is 2.00 bits per heavy atom. The van der Waals surface area contributed by atoms with Gasteiger partial charge in [0.15, 0.2) is 0 Å². The van der Waals surface area contributed by atoms with E-state index in [0.717, 1.165) is 64.2 Å². The predicted molar refractivity (Wildman–Crippen MR) is 94.4 cm³/mol. The fourth-order valence-corrected chi connectivity index (χ4v) is 4.42. The molecule has 0 aromatic carbocycles. The van der Waals surface area contributed by atoms with Gasteiger partial charge in [-0.05, 0) is 44.4 Å². The van der Waals surface area contributed by atoms with E-state index < -0.39 is 0 Å². The molecule has 0 aliphatic carbocycles. The lowest BCUT2D eigenvalue weighted by Gasteiger charge is -2.39. The number of carbonyl (C=O) groups is 2. The Morgan fingerprint density at radius 3 is 2.69 bits per heavy atom. The molecular formula is C19H27N3O4. The van der Waals surface area contributed by atoms with Crippen LogP contribution >= 0.6 is 0 Å². The summed E-state index contributed by atoms with van der Waals surface area (Å²) in [5.41, 5.74) is 0. The number of ether oxygens (including phenoxy) is 1. The number of cyclic esters (lactones) is 1. The van der Waals surface area contributed by atoms with Crippen LogP contribution < -0.4 is 0 Å². The molecule has 0 spiro atoms. The second kappa shape index (κ2) is 7.70. The van der Waals surface area contributed by atoms with Crippen LogP contribution in [0.15, 0.2) is 22.8 Å². The number of piperidine rings is 2. The summed E-state index contributed by atoms with van der Waals surface area (Å²) in [6, 6.07) is 4.11. The molecule has 1 aromatic heterocycles. The maximum atomic E-state index is 13.0. The minimum atomic E-state index is -0.198. The van der Waals surface area contributed by atoms with Gasteiger partial charge in [-0.25, -0.2) is 4.79 Å². The molecule has 0 bridgehead atoms. The molecule has 26 heavy (non-hydrogen) atoms. The Hall–Kier alpha value is -2.02. The number of amides is 2. The number of rotatable bonds is 4. The van der Waals surface area contributed by atoms with E-state index in [1.807, 2.05) is 21.9 Å². The van der Waals surface area contributed by atoms with Gasteiger partial charge in [-0.3, -0.25) is 9.69 Å². The molecule has 2 amide bonds. The summed E-state index contributed by atoms with van der Waals surface area (Å²) in [6.45, 7) is 5.24. The lowest BCUT2D eigenvalue weighted by atomic mass is 9.94. The van der Waals surface area contributed by atoms with Crippen LogP contribution in [0.2, 0.25) is 0 Å². The van der Waals surface area contributed by atoms with Gasteiger partial charge in [-0.15, -0.1) is 0 Å². The van der Waals surface area contributed by atoms with Crippen molar-refractivity contribution in [1.82, 2.24) is 14.7 Å². The fraction of sp³-hybridized carbons (Fsp3) is 0.684. The molecule has 1 aromatic rings. The van der Waals surface area contributed by atoms with E-state index >= 15 is 0 Å². The van der Waals surface area contributed by atoms with Crippen LogP contribution in [0.4, 0.5) is 4.79 Å². The zero-order valence-corrected chi connectivity index (χ0v) is 15.1. The maximum absolute atomic E-state index is 13.0. The summed E-state index contributed by atoms with van der Waals surface area (Å²) in [7, 11) is 0. The van der Waals surface area contributed by atoms with Crippen molar-refractivity contribution >= 4 is 12.0 Å². The molecule has 0 radical (unpaired) electrons. The molecule has 142 valence electrons. The Labute approximate surface area is 153 Å². The number of carbonyl (C=O) groups excluding carboxylic acids is 2. The number of hydrogen-bond acceptors (Lipinski definition) is 5. The third kappa shape index (κ3) is 3.72. The standard InChI is InChI=1S/C19H27N3O4/c23-18(15-3-1-7-20(13-15)14-17-4-2-11-25-17)21-8-5-16(6-9-21)22-10-12-26-19(22)24/h2,4,11,15-16H,1,3,5-10,12-14H2/t15-/m1/s1. The van der Waals surface area contributed by atoms with Crippen LogP contribution in [0.25, 0.3) is 0 Å². The SMILES string of the molecule is O=C([C@@H]1CCCN(Cc2ccco2)C1)N1CCC(N2CCOC2=O)CC1. The summed E-state index contributed by atoms with van der Waals surface area (Å²) in [5, 5.41) is 0. The largest absolute Gasteiger partial charge is 0.468 e. The first-order valence-corrected chi connectivity index (χ1v) is 9.67. The van der Waals surface area contributed by atoms with E-state index in [0.29, 0.717) is 13.2 Å². The van der Waals surface area contributed by atoms with Crippen LogP contribution in [0.5, 0.6) is 0 Å². The second-order valence-electron chi connectivity index (χ2n) is 7.52. The highest BCUT2D eigenvalue weighted by atomic mass is 16.6. The van der Waals surface area contributed by atoms with Crippen LogP contribution in [-0.2, 0) is 16.1 Å². The highest BCUT2D eigenvalue weighted by Gasteiger charge is 2.35. The topological polar surface area (TPSA) is 66.2 Å². The van der Waals surface area contributed by atoms with E-state index in [2.05, 4.69) is 4.90 Å². The molecule has 0 unspecified atom stereocenters. The van der Waals surface area contributed by atoms with Crippen LogP contribution in [-0.4, -0.2) is 72.1 Å². The lowest BCUT2D eigenvalue weighted by molar-refractivity contribution is -0.138. The molecule has 1 atom stereocenters. The average Bonchev–Trinajstić information content (AvgIpc) is 3.33. The highest BCUT2D eigenvalue weighted by molar-refractivity contribution is 5.79. The van der Waals surface area contributed by atoms with Crippen molar-refractivity contribution in [2.45, 2.75) is 38.3 Å². The Morgan fingerprint density at radius 1 is 1.15 bits per heavy atom. The molecule has 4 rings (SSSR count). The molecule has 3 fully saturated rings. The number of furan rings is 1. The molecule has 3 aliphatic rings. The molecular weight excluding hydrogens is 334 g/mol. The first kappa shape index (κ1) is 17.4. The van der Waals surface area contributed by atoms with Crippen molar-refractivity contribution in [2.24, 2.45) is 5.92 Å². The fourth-order valence-electron chi connectivity index (χ4n) is 4.42. The zero-order chi connectivity index (χ0) is 17.9. The molecule has 4 heterocycles. The molecule has 3 saturated heterocycles. The van der Waals surface area contributed by atoms with Gasteiger partial charge < -0.3 is 19.0 Å². The van der Waals surface area contributed by atoms with Gasteiger partial charge >= 0.3 is 6.09 Å². The Kier molecular flexibility index (Phi) is 5.15. The van der Waals surface area contributed by atoms with Gasteiger partial charge in [0.25, 0.3) is 0 Å². The molecule has 7 nitrogen and oxygen atoms in total. The van der Waals surface area contributed by atoms with E-state index in [4.69, 9.17) is 9.15 Å². The van der Waals surface area contributed by atoms with Crippen LogP contribution in [0.3, 0.4) is 0 Å². The van der Waals surface area contributed by atoms with Gasteiger partial charge in [0, 0.05) is 25.7 Å². The van der Waals surface area contributed by atoms with Gasteiger partial charge in [-0.2, -0.15) is 0 Å². The normalized spacial score (nSPS) is 25.5. The maximum Gasteiger partial charge on any atom is 0.410 e. The highest BCUT2D eigenvalue weighted by Crippen LogP contribution is 2.25. The van der Waals surface area contributed by atoms with Crippen molar-refractivity contribution in [3.8, 4) is 0 Å². The summed E-state index contributed by atoms with van der Waals surface area (Å²) >= 11 is 0. The van der Waals surface area contributed by atoms with E-state index in [-0.39, 0.29) is 24.0 Å². The lowest BCUT2D eigenvalue weighted by Crippen LogP contribution is -2.50. The van der Waals surface area contributed by atoms with Crippen molar-refractivity contribution in [3.05, 3.63) is 24.2 Å². The number of hydrogen-bond donors (Lipinski definition) is 0. The van der Waals surface area contributed by atoms with E-state index in [1.165, 1.54) is 0 Å². The first-order valence-electron chi connectivity index (χ1n) is 9.67. The first-order chi connectivity index (χ1) is 12.7. The van der Waals surface area contributed by atoms with E-state index in [1.54, 1.807) is 6.26 Å². The molecule has 0 N–H and O–H groups in total. The summed E-state index contributed by atoms with van der Waals surface area (Å²) in [5.74, 6) is 1.31. The molecule has 0 saturated carbocycles. The van der Waals surface area contributed by atoms with Gasteiger partial charge in [0.2, 0.25) is 5.91 Å². The predicted octanol–water partition coefficient (Wildman–Crippen LogP) is 1.93. The third-order valence-corrected chi connectivity index (χ3v) is 5.82. The van der Waals surface area contributed by atoms with Gasteiger partial charge in [0.05, 0.1) is 25.3 Å². The minimum absolute atomic E-state index is 0.0759. The summed E-state index contributed by atoms with van der Waals surface area (Å²) in [6.07, 6.45) is 5.21. The average molecular weight is 361 g/mol. The zero-order valence-electron chi connectivity index (χ0n) is 15.1. The van der Waals surface area contributed by atoms with Crippen molar-refractivity contribution in [3.63, 3.8) is 0 Å². The number of nitrogens with zero attached hydrogens (tertiary/aromatic N) is 3. The summed E-state index contributed by atoms with van der Waals surface area (Å²) in [4.78, 5) is 30.8. The van der Waals surface area contributed by atoms with Crippen molar-refractivity contribution in [1.29, 1.82) is 0 Å². The third-order valence-electron chi connectivity index (χ3n) is 5.82. The van der Waals surface area contributed by atoms with Crippen LogP contribution in [0.1, 0.15) is 31.4 Å². The quantitative estimate of drug-likeness (QED) is 0.820.